The highest BCUT2D eigenvalue weighted by atomic mass is 16.5. The summed E-state index contributed by atoms with van der Waals surface area (Å²) in [5.41, 5.74) is 4.83. The lowest BCUT2D eigenvalue weighted by atomic mass is 9.98. The molecule has 3 heteroatoms. The van der Waals surface area contributed by atoms with E-state index in [4.69, 9.17) is 9.84 Å². The molecule has 0 bridgehead atoms. The van der Waals surface area contributed by atoms with E-state index in [1.165, 1.54) is 22.3 Å². The maximum atomic E-state index is 11.4. The van der Waals surface area contributed by atoms with Crippen molar-refractivity contribution in [3.05, 3.63) is 59.7 Å². The lowest BCUT2D eigenvalue weighted by Crippen LogP contribution is -2.13. The average Bonchev–Trinajstić information content (AvgIpc) is 2.80. The number of carbonyl (C=O) groups excluding carboxylic acids is 1. The summed E-state index contributed by atoms with van der Waals surface area (Å²) in [6.45, 7) is 0.156. The van der Waals surface area contributed by atoms with Crippen LogP contribution in [0.4, 0.5) is 0 Å². The third kappa shape index (κ3) is 2.21. The molecule has 2 aromatic rings. The minimum absolute atomic E-state index is 0.0516. The second-order valence-electron chi connectivity index (χ2n) is 4.88. The van der Waals surface area contributed by atoms with Gasteiger partial charge in [0, 0.05) is 5.92 Å². The van der Waals surface area contributed by atoms with Crippen molar-refractivity contribution in [3.63, 3.8) is 0 Å². The van der Waals surface area contributed by atoms with Crippen LogP contribution in [0.15, 0.2) is 48.5 Å². The van der Waals surface area contributed by atoms with E-state index in [1.807, 2.05) is 24.3 Å². The fourth-order valence-electron chi connectivity index (χ4n) is 2.78. The molecule has 0 radical (unpaired) electrons. The Bertz CT molecular complexity index is 588. The first-order valence-corrected chi connectivity index (χ1v) is 6.76. The van der Waals surface area contributed by atoms with Crippen LogP contribution in [0.1, 0.15) is 23.5 Å². The van der Waals surface area contributed by atoms with Gasteiger partial charge in [0.1, 0.15) is 6.61 Å². The van der Waals surface area contributed by atoms with Crippen LogP contribution in [0.3, 0.4) is 0 Å². The summed E-state index contributed by atoms with van der Waals surface area (Å²) in [7, 11) is 0. The van der Waals surface area contributed by atoms with Gasteiger partial charge in [0.25, 0.3) is 0 Å². The van der Waals surface area contributed by atoms with Gasteiger partial charge >= 0.3 is 5.97 Å². The number of rotatable bonds is 4. The van der Waals surface area contributed by atoms with Crippen LogP contribution >= 0.6 is 0 Å². The molecule has 1 aliphatic rings. The second kappa shape index (κ2) is 5.47. The molecule has 102 valence electrons. The van der Waals surface area contributed by atoms with Gasteiger partial charge < -0.3 is 9.84 Å². The number of fused-ring (bicyclic) bond motifs is 3. The Kier molecular flexibility index (Phi) is 3.52. The topological polar surface area (TPSA) is 46.5 Å². The zero-order chi connectivity index (χ0) is 13.9. The maximum absolute atomic E-state index is 11.4. The Balaban J connectivity index is 1.89. The molecule has 3 nitrogen and oxygen atoms in total. The smallest absolute Gasteiger partial charge is 0.308 e. The van der Waals surface area contributed by atoms with E-state index in [0.717, 1.165) is 0 Å². The van der Waals surface area contributed by atoms with Gasteiger partial charge in [-0.25, -0.2) is 0 Å². The van der Waals surface area contributed by atoms with E-state index in [-0.39, 0.29) is 24.9 Å². The molecule has 0 spiro atoms. The van der Waals surface area contributed by atoms with E-state index in [2.05, 4.69) is 24.3 Å². The van der Waals surface area contributed by atoms with Crippen LogP contribution in [0.25, 0.3) is 11.1 Å². The number of esters is 1. The molecule has 3 rings (SSSR count). The zero-order valence-corrected chi connectivity index (χ0v) is 11.1. The summed E-state index contributed by atoms with van der Waals surface area (Å²) in [5.74, 6) is -0.264. The van der Waals surface area contributed by atoms with Crippen molar-refractivity contribution < 1.29 is 14.6 Å². The van der Waals surface area contributed by atoms with Crippen LogP contribution in [-0.4, -0.2) is 24.3 Å². The van der Waals surface area contributed by atoms with Crippen molar-refractivity contribution in [1.82, 2.24) is 0 Å². The van der Waals surface area contributed by atoms with Gasteiger partial charge in [0.15, 0.2) is 0 Å². The highest BCUT2D eigenvalue weighted by Gasteiger charge is 2.28. The maximum Gasteiger partial charge on any atom is 0.308 e. The average molecular weight is 268 g/mol. The molecule has 0 atom stereocenters. The summed E-state index contributed by atoms with van der Waals surface area (Å²) in [5, 5.41) is 8.74. The first-order chi connectivity index (χ1) is 9.81. The molecule has 0 aliphatic heterocycles. The normalized spacial score (nSPS) is 12.8. The van der Waals surface area contributed by atoms with E-state index in [9.17, 15) is 4.79 Å². The van der Waals surface area contributed by atoms with Crippen LogP contribution < -0.4 is 0 Å². The van der Waals surface area contributed by atoms with Crippen LogP contribution in [0.5, 0.6) is 0 Å². The number of ether oxygens (including phenoxy) is 1. The number of hydrogen-bond donors (Lipinski definition) is 1. The predicted molar refractivity (Wildman–Crippen MR) is 76.4 cm³/mol. The molecular formula is C17H16O3. The summed E-state index contributed by atoms with van der Waals surface area (Å²) in [6, 6.07) is 16.4. The van der Waals surface area contributed by atoms with Gasteiger partial charge in [-0.15, -0.1) is 0 Å². The molecule has 0 aromatic heterocycles. The Morgan fingerprint density at radius 1 is 1.00 bits per heavy atom. The van der Waals surface area contributed by atoms with Crippen molar-refractivity contribution in [2.75, 3.05) is 13.2 Å². The van der Waals surface area contributed by atoms with E-state index in [1.54, 1.807) is 0 Å². The van der Waals surface area contributed by atoms with Gasteiger partial charge in [0.05, 0.1) is 13.0 Å². The predicted octanol–water partition coefficient (Wildman–Crippen LogP) is 2.72. The number of aliphatic hydroxyl groups excluding tert-OH is 1. The summed E-state index contributed by atoms with van der Waals surface area (Å²) >= 11 is 0. The van der Waals surface area contributed by atoms with E-state index < -0.39 is 0 Å². The summed E-state index contributed by atoms with van der Waals surface area (Å²) in [4.78, 5) is 11.4. The van der Waals surface area contributed by atoms with Crippen molar-refractivity contribution in [2.45, 2.75) is 12.3 Å². The Hall–Kier alpha value is -2.13. The fraction of sp³-hybridized carbons (Fsp3) is 0.235. The van der Waals surface area contributed by atoms with Crippen molar-refractivity contribution in [3.8, 4) is 11.1 Å². The quantitative estimate of drug-likeness (QED) is 0.867. The minimum atomic E-state index is -0.352. The fourth-order valence-corrected chi connectivity index (χ4v) is 2.78. The standard InChI is InChI=1S/C17H16O3/c18-10-9-17(19)20-11-16-14-7-3-1-5-12(14)13-6-2-4-8-15(13)16/h1-8,16,18H,9-11H2. The van der Waals surface area contributed by atoms with Crippen LogP contribution in [0, 0.1) is 0 Å². The van der Waals surface area contributed by atoms with E-state index >= 15 is 0 Å². The first-order valence-electron chi connectivity index (χ1n) is 6.76. The molecule has 0 heterocycles. The molecular weight excluding hydrogens is 252 g/mol. The summed E-state index contributed by atoms with van der Waals surface area (Å²) < 4.78 is 5.28. The lowest BCUT2D eigenvalue weighted by molar-refractivity contribution is -0.144. The molecule has 1 aliphatic carbocycles. The lowest BCUT2D eigenvalue weighted by Gasteiger charge is -2.13. The van der Waals surface area contributed by atoms with Gasteiger partial charge in [-0.1, -0.05) is 48.5 Å². The Morgan fingerprint density at radius 2 is 1.55 bits per heavy atom. The largest absolute Gasteiger partial charge is 0.465 e. The molecule has 1 N–H and O–H groups in total. The van der Waals surface area contributed by atoms with Crippen LogP contribution in [-0.2, 0) is 9.53 Å². The molecule has 0 saturated carbocycles. The number of benzene rings is 2. The number of carbonyl (C=O) groups is 1. The molecule has 20 heavy (non-hydrogen) atoms. The zero-order valence-electron chi connectivity index (χ0n) is 11.1. The highest BCUT2D eigenvalue weighted by molar-refractivity contribution is 5.79. The van der Waals surface area contributed by atoms with Gasteiger partial charge in [-0.3, -0.25) is 4.79 Å². The second-order valence-corrected chi connectivity index (χ2v) is 4.88. The van der Waals surface area contributed by atoms with E-state index in [0.29, 0.717) is 6.61 Å². The Labute approximate surface area is 117 Å². The monoisotopic (exact) mass is 268 g/mol. The number of hydrogen-bond acceptors (Lipinski definition) is 3. The van der Waals surface area contributed by atoms with Crippen molar-refractivity contribution in [2.24, 2.45) is 0 Å². The first kappa shape index (κ1) is 12.9. The van der Waals surface area contributed by atoms with Gasteiger partial charge in [0.2, 0.25) is 0 Å². The SMILES string of the molecule is O=C(CCO)OCC1c2ccccc2-c2ccccc21. The third-order valence-corrected chi connectivity index (χ3v) is 3.69. The van der Waals surface area contributed by atoms with Crippen molar-refractivity contribution in [1.29, 1.82) is 0 Å². The molecule has 0 amide bonds. The van der Waals surface area contributed by atoms with Gasteiger partial charge in [-0.05, 0) is 22.3 Å². The third-order valence-electron chi connectivity index (χ3n) is 3.69. The Morgan fingerprint density at radius 3 is 2.10 bits per heavy atom. The van der Waals surface area contributed by atoms with Crippen LogP contribution in [0.2, 0.25) is 0 Å². The molecule has 2 aromatic carbocycles. The molecule has 0 fully saturated rings. The molecule has 0 unspecified atom stereocenters. The highest BCUT2D eigenvalue weighted by Crippen LogP contribution is 2.44. The molecule has 0 saturated heterocycles. The van der Waals surface area contributed by atoms with Gasteiger partial charge in [-0.2, -0.15) is 0 Å². The summed E-state index contributed by atoms with van der Waals surface area (Å²) in [6.07, 6.45) is 0.0516. The minimum Gasteiger partial charge on any atom is -0.465 e. The number of aliphatic hydroxyl groups is 1. The van der Waals surface area contributed by atoms with Crippen molar-refractivity contribution >= 4 is 5.97 Å².